The summed E-state index contributed by atoms with van der Waals surface area (Å²) in [5.74, 6) is 1.17. The maximum Gasteiger partial charge on any atom is 0.165 e. The topological polar surface area (TPSA) is 53.1 Å². The number of rotatable bonds is 3. The summed E-state index contributed by atoms with van der Waals surface area (Å²) >= 11 is 0. The summed E-state index contributed by atoms with van der Waals surface area (Å²) in [7, 11) is 1.43. The number of aryl methyl sites for hydroxylation is 1. The van der Waals surface area contributed by atoms with Crippen molar-refractivity contribution in [1.29, 1.82) is 0 Å². The number of imidazole rings is 1. The van der Waals surface area contributed by atoms with Crippen LogP contribution in [0, 0.1) is 12.7 Å². The van der Waals surface area contributed by atoms with Gasteiger partial charge in [0.2, 0.25) is 0 Å². The summed E-state index contributed by atoms with van der Waals surface area (Å²) in [5, 5.41) is 0. The molecular weight excluding hydrogens is 233 g/mol. The van der Waals surface area contributed by atoms with E-state index in [1.54, 1.807) is 12.1 Å². The van der Waals surface area contributed by atoms with E-state index in [9.17, 15) is 4.39 Å². The van der Waals surface area contributed by atoms with Gasteiger partial charge in [0, 0.05) is 12.1 Å². The van der Waals surface area contributed by atoms with E-state index in [1.807, 2.05) is 18.4 Å². The normalized spacial score (nSPS) is 10.7. The van der Waals surface area contributed by atoms with Crippen molar-refractivity contribution in [2.75, 3.05) is 12.8 Å². The van der Waals surface area contributed by atoms with E-state index in [1.165, 1.54) is 13.2 Å². The summed E-state index contributed by atoms with van der Waals surface area (Å²) in [4.78, 5) is 4.38. The van der Waals surface area contributed by atoms with Crippen molar-refractivity contribution in [3.05, 3.63) is 29.8 Å². The highest BCUT2D eigenvalue weighted by Crippen LogP contribution is 2.29. The predicted molar refractivity (Wildman–Crippen MR) is 69.0 cm³/mol. The van der Waals surface area contributed by atoms with Crippen molar-refractivity contribution in [3.63, 3.8) is 0 Å². The molecule has 2 rings (SSSR count). The molecule has 0 aliphatic rings. The van der Waals surface area contributed by atoms with E-state index in [2.05, 4.69) is 4.98 Å². The first-order chi connectivity index (χ1) is 8.58. The molecule has 0 amide bonds. The lowest BCUT2D eigenvalue weighted by Gasteiger charge is -2.05. The Morgan fingerprint density at radius 3 is 2.67 bits per heavy atom. The smallest absolute Gasteiger partial charge is 0.165 e. The van der Waals surface area contributed by atoms with Crippen LogP contribution in [0.3, 0.4) is 0 Å². The zero-order valence-electron chi connectivity index (χ0n) is 10.7. The van der Waals surface area contributed by atoms with E-state index in [4.69, 9.17) is 10.5 Å². The molecule has 5 heteroatoms. The lowest BCUT2D eigenvalue weighted by molar-refractivity contribution is 0.386. The number of hydrogen-bond donors (Lipinski definition) is 1. The van der Waals surface area contributed by atoms with Crippen LogP contribution in [0.25, 0.3) is 11.3 Å². The first-order valence-electron chi connectivity index (χ1n) is 5.75. The molecule has 1 aromatic carbocycles. The molecule has 1 aromatic heterocycles. The Bertz CT molecular complexity index is 578. The van der Waals surface area contributed by atoms with Gasteiger partial charge in [0.25, 0.3) is 0 Å². The first-order valence-corrected chi connectivity index (χ1v) is 5.75. The van der Waals surface area contributed by atoms with Crippen LogP contribution in [0.1, 0.15) is 12.7 Å². The lowest BCUT2D eigenvalue weighted by atomic mass is 10.1. The van der Waals surface area contributed by atoms with E-state index in [-0.39, 0.29) is 5.75 Å². The van der Waals surface area contributed by atoms with E-state index < -0.39 is 5.82 Å². The molecule has 0 radical (unpaired) electrons. The number of nitrogen functional groups attached to an aromatic ring is 1. The molecule has 0 spiro atoms. The zero-order valence-corrected chi connectivity index (χ0v) is 10.7. The first kappa shape index (κ1) is 12.4. The zero-order chi connectivity index (χ0) is 13.3. The fourth-order valence-corrected chi connectivity index (χ4v) is 2.01. The predicted octanol–water partition coefficient (Wildman–Crippen LogP) is 2.61. The van der Waals surface area contributed by atoms with Gasteiger partial charge in [-0.1, -0.05) is 0 Å². The Hall–Kier alpha value is -2.04. The van der Waals surface area contributed by atoms with Crippen LogP contribution in [-0.2, 0) is 6.54 Å². The van der Waals surface area contributed by atoms with Crippen LogP contribution in [0.2, 0.25) is 0 Å². The molecule has 0 saturated carbocycles. The minimum Gasteiger partial charge on any atom is -0.494 e. The van der Waals surface area contributed by atoms with Crippen LogP contribution in [0.5, 0.6) is 5.75 Å². The molecule has 0 fully saturated rings. The molecule has 0 unspecified atom stereocenters. The number of anilines is 1. The molecule has 18 heavy (non-hydrogen) atoms. The number of aromatic nitrogens is 2. The minimum absolute atomic E-state index is 0.212. The average Bonchev–Trinajstić information content (AvgIpc) is 2.64. The molecular formula is C13H16FN3O. The van der Waals surface area contributed by atoms with E-state index >= 15 is 0 Å². The van der Waals surface area contributed by atoms with Gasteiger partial charge in [0.05, 0.1) is 7.11 Å². The summed E-state index contributed by atoms with van der Waals surface area (Å²) < 4.78 is 20.4. The number of methoxy groups -OCH3 is 1. The molecule has 0 saturated heterocycles. The summed E-state index contributed by atoms with van der Waals surface area (Å²) in [6.45, 7) is 4.61. The molecule has 0 bridgehead atoms. The van der Waals surface area contributed by atoms with Gasteiger partial charge in [-0.2, -0.15) is 0 Å². The second-order valence-corrected chi connectivity index (χ2v) is 3.99. The van der Waals surface area contributed by atoms with Crippen LogP contribution < -0.4 is 10.5 Å². The van der Waals surface area contributed by atoms with E-state index in [0.29, 0.717) is 17.1 Å². The standard InChI is InChI=1S/C13H16FN3O/c1-4-17-8(2)16-12(13(17)15)9-5-6-11(18-3)10(14)7-9/h5-7H,4,15H2,1-3H3. The van der Waals surface area contributed by atoms with Crippen molar-refractivity contribution in [2.45, 2.75) is 20.4 Å². The quantitative estimate of drug-likeness (QED) is 0.909. The third-order valence-electron chi connectivity index (χ3n) is 2.94. The monoisotopic (exact) mass is 249 g/mol. The Morgan fingerprint density at radius 2 is 2.17 bits per heavy atom. The summed E-state index contributed by atoms with van der Waals surface area (Å²) in [5.41, 5.74) is 7.28. The van der Waals surface area contributed by atoms with Gasteiger partial charge in [0.1, 0.15) is 17.3 Å². The number of benzene rings is 1. The van der Waals surface area contributed by atoms with E-state index in [0.717, 1.165) is 12.4 Å². The highest BCUT2D eigenvalue weighted by molar-refractivity contribution is 5.71. The average molecular weight is 249 g/mol. The number of hydrogen-bond acceptors (Lipinski definition) is 3. The molecule has 96 valence electrons. The molecule has 2 aromatic rings. The van der Waals surface area contributed by atoms with Crippen LogP contribution in [0.15, 0.2) is 18.2 Å². The number of halogens is 1. The van der Waals surface area contributed by atoms with Crippen molar-refractivity contribution >= 4 is 5.82 Å². The van der Waals surface area contributed by atoms with Gasteiger partial charge >= 0.3 is 0 Å². The Kier molecular flexibility index (Phi) is 3.23. The molecule has 0 atom stereocenters. The Labute approximate surface area is 105 Å². The highest BCUT2D eigenvalue weighted by Gasteiger charge is 2.14. The molecule has 4 nitrogen and oxygen atoms in total. The van der Waals surface area contributed by atoms with Gasteiger partial charge < -0.3 is 15.0 Å². The molecule has 1 heterocycles. The minimum atomic E-state index is -0.418. The maximum absolute atomic E-state index is 13.7. The third-order valence-corrected chi connectivity index (χ3v) is 2.94. The molecule has 2 N–H and O–H groups in total. The van der Waals surface area contributed by atoms with Crippen LogP contribution >= 0.6 is 0 Å². The fourth-order valence-electron chi connectivity index (χ4n) is 2.01. The molecule has 0 aliphatic heterocycles. The second-order valence-electron chi connectivity index (χ2n) is 3.99. The Morgan fingerprint density at radius 1 is 1.44 bits per heavy atom. The third kappa shape index (κ3) is 1.92. The Balaban J connectivity index is 2.52. The second kappa shape index (κ2) is 4.68. The van der Waals surface area contributed by atoms with Crippen LogP contribution in [-0.4, -0.2) is 16.7 Å². The summed E-state index contributed by atoms with van der Waals surface area (Å²) in [6.07, 6.45) is 0. The number of ether oxygens (including phenoxy) is 1. The molecule has 0 aliphatic carbocycles. The SMILES string of the molecule is CCn1c(C)nc(-c2ccc(OC)c(F)c2)c1N. The van der Waals surface area contributed by atoms with Gasteiger partial charge in [-0.3, -0.25) is 0 Å². The van der Waals surface area contributed by atoms with Crippen molar-refractivity contribution in [2.24, 2.45) is 0 Å². The van der Waals surface area contributed by atoms with Gasteiger partial charge in [-0.25, -0.2) is 9.37 Å². The van der Waals surface area contributed by atoms with Gasteiger partial charge in [-0.15, -0.1) is 0 Å². The maximum atomic E-state index is 13.7. The summed E-state index contributed by atoms with van der Waals surface area (Å²) in [6, 6.07) is 4.71. The van der Waals surface area contributed by atoms with Gasteiger partial charge in [0.15, 0.2) is 11.6 Å². The largest absolute Gasteiger partial charge is 0.494 e. The lowest BCUT2D eigenvalue weighted by Crippen LogP contribution is -2.02. The number of nitrogens with zero attached hydrogens (tertiary/aromatic N) is 2. The van der Waals surface area contributed by atoms with Gasteiger partial charge in [-0.05, 0) is 32.0 Å². The van der Waals surface area contributed by atoms with Crippen LogP contribution in [0.4, 0.5) is 10.2 Å². The fraction of sp³-hybridized carbons (Fsp3) is 0.308. The highest BCUT2D eigenvalue weighted by atomic mass is 19.1. The van der Waals surface area contributed by atoms with Crippen molar-refractivity contribution < 1.29 is 9.13 Å². The van der Waals surface area contributed by atoms with Crippen molar-refractivity contribution in [1.82, 2.24) is 9.55 Å². The number of nitrogens with two attached hydrogens (primary N) is 1. The van der Waals surface area contributed by atoms with Crippen molar-refractivity contribution in [3.8, 4) is 17.0 Å².